The lowest BCUT2D eigenvalue weighted by atomic mass is 9.95. The summed E-state index contributed by atoms with van der Waals surface area (Å²) in [5.74, 6) is -0.235. The van der Waals surface area contributed by atoms with Gasteiger partial charge >= 0.3 is 0 Å². The second-order valence-electron chi connectivity index (χ2n) is 6.14. The van der Waals surface area contributed by atoms with Crippen LogP contribution in [0, 0.1) is 12.7 Å². The molecule has 0 fully saturated rings. The molecule has 6 heteroatoms. The van der Waals surface area contributed by atoms with Crippen molar-refractivity contribution in [2.75, 3.05) is 12.4 Å². The quantitative estimate of drug-likeness (QED) is 0.605. The van der Waals surface area contributed by atoms with Gasteiger partial charge in [0.2, 0.25) is 5.91 Å². The number of pyridine rings is 1. The van der Waals surface area contributed by atoms with Crippen molar-refractivity contribution in [2.45, 2.75) is 13.8 Å². The summed E-state index contributed by atoms with van der Waals surface area (Å²) < 4.78 is 20.1. The molecule has 0 radical (unpaired) electrons. The third kappa shape index (κ3) is 4.09. The molecule has 0 aliphatic heterocycles. The number of hydrogen-bond donors (Lipinski definition) is 1. The van der Waals surface area contributed by atoms with Crippen molar-refractivity contribution >= 4 is 23.2 Å². The molecular weight excluding hydrogens is 367 g/mol. The van der Waals surface area contributed by atoms with Crippen LogP contribution in [0.15, 0.2) is 48.7 Å². The normalized spacial score (nSPS) is 10.6. The molecule has 1 N–H and O–H groups in total. The number of aromatic nitrogens is 1. The van der Waals surface area contributed by atoms with Gasteiger partial charge in [-0.15, -0.1) is 0 Å². The highest BCUT2D eigenvalue weighted by Gasteiger charge is 2.16. The number of rotatable bonds is 4. The van der Waals surface area contributed by atoms with Crippen LogP contribution < -0.4 is 10.1 Å². The average Bonchev–Trinajstić information content (AvgIpc) is 2.62. The van der Waals surface area contributed by atoms with Crippen LogP contribution in [0.25, 0.3) is 22.3 Å². The largest absolute Gasteiger partial charge is 0.495 e. The third-order valence-electron chi connectivity index (χ3n) is 4.07. The lowest BCUT2D eigenvalue weighted by Crippen LogP contribution is -2.07. The first kappa shape index (κ1) is 18.9. The van der Waals surface area contributed by atoms with Crippen molar-refractivity contribution < 1.29 is 13.9 Å². The van der Waals surface area contributed by atoms with Crippen molar-refractivity contribution in [3.63, 3.8) is 0 Å². The summed E-state index contributed by atoms with van der Waals surface area (Å²) in [7, 11) is 1.57. The Morgan fingerprint density at radius 1 is 1.11 bits per heavy atom. The molecule has 0 atom stereocenters. The minimum Gasteiger partial charge on any atom is -0.495 e. The standard InChI is InChI=1S/C21H18ClFN2O2/c1-12-8-16(14-4-5-19(18(23)10-14)25-13(2)26)21(27-3)17(9-12)15-6-7-24-20(22)11-15/h4-11H,1-3H3,(H,25,26). The summed E-state index contributed by atoms with van der Waals surface area (Å²) in [5.41, 5.74) is 4.20. The Balaban J connectivity index is 2.16. The Bertz CT molecular complexity index is 1020. The summed E-state index contributed by atoms with van der Waals surface area (Å²) in [6.45, 7) is 3.29. The van der Waals surface area contributed by atoms with Gasteiger partial charge in [-0.25, -0.2) is 9.37 Å². The van der Waals surface area contributed by atoms with Gasteiger partial charge in [-0.3, -0.25) is 4.79 Å². The number of amides is 1. The van der Waals surface area contributed by atoms with E-state index in [9.17, 15) is 9.18 Å². The number of hydrogen-bond acceptors (Lipinski definition) is 3. The Kier molecular flexibility index (Phi) is 5.42. The first-order chi connectivity index (χ1) is 12.9. The predicted octanol–water partition coefficient (Wildman–Crippen LogP) is 5.48. The number of halogens is 2. The molecule has 27 heavy (non-hydrogen) atoms. The van der Waals surface area contributed by atoms with Gasteiger partial charge in [-0.05, 0) is 60.0 Å². The van der Waals surface area contributed by atoms with Crippen LogP contribution in [0.4, 0.5) is 10.1 Å². The van der Waals surface area contributed by atoms with Crippen LogP contribution in [-0.2, 0) is 4.79 Å². The van der Waals surface area contributed by atoms with E-state index in [2.05, 4.69) is 10.3 Å². The number of ether oxygens (including phenoxy) is 1. The van der Waals surface area contributed by atoms with Crippen molar-refractivity contribution in [2.24, 2.45) is 0 Å². The molecule has 0 saturated carbocycles. The van der Waals surface area contributed by atoms with E-state index in [1.54, 1.807) is 25.4 Å². The molecule has 0 unspecified atom stereocenters. The van der Waals surface area contributed by atoms with E-state index >= 15 is 0 Å². The summed E-state index contributed by atoms with van der Waals surface area (Å²) in [6.07, 6.45) is 1.63. The van der Waals surface area contributed by atoms with Gasteiger partial charge in [0.15, 0.2) is 0 Å². The van der Waals surface area contributed by atoms with Crippen LogP contribution in [0.2, 0.25) is 5.15 Å². The highest BCUT2D eigenvalue weighted by Crippen LogP contribution is 2.41. The van der Waals surface area contributed by atoms with Crippen molar-refractivity contribution in [3.8, 4) is 28.0 Å². The maximum atomic E-state index is 14.4. The van der Waals surface area contributed by atoms with Crippen LogP contribution in [-0.4, -0.2) is 18.0 Å². The molecule has 3 aromatic rings. The summed E-state index contributed by atoms with van der Waals surface area (Å²) >= 11 is 6.03. The van der Waals surface area contributed by atoms with Crippen LogP contribution in [0.3, 0.4) is 0 Å². The zero-order chi connectivity index (χ0) is 19.6. The van der Waals surface area contributed by atoms with Crippen molar-refractivity contribution in [1.82, 2.24) is 4.98 Å². The molecule has 1 amide bonds. The number of methoxy groups -OCH3 is 1. The number of aryl methyl sites for hydroxylation is 1. The number of nitrogens with one attached hydrogen (secondary N) is 1. The highest BCUT2D eigenvalue weighted by atomic mass is 35.5. The smallest absolute Gasteiger partial charge is 0.221 e. The summed E-state index contributed by atoms with van der Waals surface area (Å²) in [5, 5.41) is 2.85. The van der Waals surface area contributed by atoms with E-state index in [4.69, 9.17) is 16.3 Å². The molecule has 4 nitrogen and oxygen atoms in total. The number of anilines is 1. The lowest BCUT2D eigenvalue weighted by molar-refractivity contribution is -0.114. The first-order valence-corrected chi connectivity index (χ1v) is 8.65. The number of benzene rings is 2. The zero-order valence-corrected chi connectivity index (χ0v) is 15.9. The van der Waals surface area contributed by atoms with Gasteiger partial charge in [0.05, 0.1) is 12.8 Å². The maximum Gasteiger partial charge on any atom is 0.221 e. The van der Waals surface area contributed by atoms with Gasteiger partial charge in [-0.1, -0.05) is 17.7 Å². The lowest BCUT2D eigenvalue weighted by Gasteiger charge is -2.16. The fourth-order valence-corrected chi connectivity index (χ4v) is 3.14. The first-order valence-electron chi connectivity index (χ1n) is 8.27. The second kappa shape index (κ2) is 7.76. The van der Waals surface area contributed by atoms with Gasteiger partial charge < -0.3 is 10.1 Å². The van der Waals surface area contributed by atoms with Gasteiger partial charge in [0.1, 0.15) is 16.7 Å². The summed E-state index contributed by atoms with van der Waals surface area (Å²) in [6, 6.07) is 12.2. The van der Waals surface area contributed by atoms with Crippen LogP contribution >= 0.6 is 11.6 Å². The SMILES string of the molecule is COc1c(-c2ccnc(Cl)c2)cc(C)cc1-c1ccc(NC(C)=O)c(F)c1. The van der Waals surface area contributed by atoms with Crippen LogP contribution in [0.5, 0.6) is 5.75 Å². The molecule has 0 bridgehead atoms. The maximum absolute atomic E-state index is 14.4. The van der Waals surface area contributed by atoms with Gasteiger partial charge in [0.25, 0.3) is 0 Å². The number of carbonyl (C=O) groups is 1. The Morgan fingerprint density at radius 2 is 1.78 bits per heavy atom. The molecule has 0 saturated heterocycles. The second-order valence-corrected chi connectivity index (χ2v) is 6.52. The minimum atomic E-state index is -0.514. The highest BCUT2D eigenvalue weighted by molar-refractivity contribution is 6.29. The average molecular weight is 385 g/mol. The predicted molar refractivity (Wildman–Crippen MR) is 106 cm³/mol. The van der Waals surface area contributed by atoms with E-state index in [1.807, 2.05) is 25.1 Å². The van der Waals surface area contributed by atoms with E-state index < -0.39 is 5.82 Å². The fraction of sp³-hybridized carbons (Fsp3) is 0.143. The molecule has 2 aromatic carbocycles. The van der Waals surface area contributed by atoms with E-state index in [0.717, 1.165) is 22.3 Å². The molecule has 138 valence electrons. The van der Waals surface area contributed by atoms with E-state index in [1.165, 1.54) is 19.1 Å². The third-order valence-corrected chi connectivity index (χ3v) is 4.27. The van der Waals surface area contributed by atoms with Crippen molar-refractivity contribution in [3.05, 3.63) is 65.2 Å². The Morgan fingerprint density at radius 3 is 2.33 bits per heavy atom. The van der Waals surface area contributed by atoms with E-state index in [-0.39, 0.29) is 11.6 Å². The van der Waals surface area contributed by atoms with Gasteiger partial charge in [0, 0.05) is 24.2 Å². The molecule has 3 rings (SSSR count). The summed E-state index contributed by atoms with van der Waals surface area (Å²) in [4.78, 5) is 15.2. The number of carbonyl (C=O) groups excluding carboxylic acids is 1. The van der Waals surface area contributed by atoms with Crippen molar-refractivity contribution in [1.29, 1.82) is 0 Å². The molecule has 0 aliphatic carbocycles. The zero-order valence-electron chi connectivity index (χ0n) is 15.1. The number of nitrogens with zero attached hydrogens (tertiary/aromatic N) is 1. The van der Waals surface area contributed by atoms with E-state index in [0.29, 0.717) is 16.5 Å². The fourth-order valence-electron chi connectivity index (χ4n) is 2.97. The minimum absolute atomic E-state index is 0.138. The molecule has 1 aromatic heterocycles. The van der Waals surface area contributed by atoms with Crippen LogP contribution in [0.1, 0.15) is 12.5 Å². The monoisotopic (exact) mass is 384 g/mol. The topological polar surface area (TPSA) is 51.2 Å². The Hall–Kier alpha value is -2.92. The molecule has 0 aliphatic rings. The Labute approximate surface area is 162 Å². The molecule has 0 spiro atoms. The molecule has 1 heterocycles. The van der Waals surface area contributed by atoms with Gasteiger partial charge in [-0.2, -0.15) is 0 Å². The molecular formula is C21H18ClFN2O2.